The van der Waals surface area contributed by atoms with Crippen molar-refractivity contribution in [2.24, 2.45) is 0 Å². The van der Waals surface area contributed by atoms with Crippen molar-refractivity contribution in [1.29, 1.82) is 0 Å². The van der Waals surface area contributed by atoms with Gasteiger partial charge in [0.25, 0.3) is 0 Å². The molecule has 100 valence electrons. The van der Waals surface area contributed by atoms with Crippen LogP contribution in [0, 0.1) is 6.92 Å². The summed E-state index contributed by atoms with van der Waals surface area (Å²) in [5.41, 5.74) is 3.00. The van der Waals surface area contributed by atoms with Gasteiger partial charge in [-0.3, -0.25) is 0 Å². The maximum absolute atomic E-state index is 9.29. The van der Waals surface area contributed by atoms with Gasteiger partial charge in [0.15, 0.2) is 5.82 Å². The molecular formula is C15H19N3O. The van der Waals surface area contributed by atoms with E-state index < -0.39 is 0 Å². The van der Waals surface area contributed by atoms with Crippen LogP contribution >= 0.6 is 0 Å². The lowest BCUT2D eigenvalue weighted by Crippen LogP contribution is -2.19. The normalized spacial score (nSPS) is 12.4. The molecule has 1 aromatic heterocycles. The number of hydrogen-bond donors (Lipinski definition) is 2. The third-order valence-electron chi connectivity index (χ3n) is 3.12. The molecule has 0 radical (unpaired) electrons. The van der Waals surface area contributed by atoms with Crippen LogP contribution in [0.25, 0.3) is 11.4 Å². The van der Waals surface area contributed by atoms with Gasteiger partial charge in [-0.15, -0.1) is 0 Å². The van der Waals surface area contributed by atoms with Crippen molar-refractivity contribution in [2.75, 3.05) is 6.54 Å². The minimum atomic E-state index is 0.248. The van der Waals surface area contributed by atoms with E-state index in [-0.39, 0.29) is 11.8 Å². The Morgan fingerprint density at radius 2 is 1.95 bits per heavy atom. The molecule has 0 saturated carbocycles. The largest absolute Gasteiger partial charge is 0.508 e. The van der Waals surface area contributed by atoms with Gasteiger partial charge in [0, 0.05) is 29.1 Å². The summed E-state index contributed by atoms with van der Waals surface area (Å²) in [6, 6.07) is 7.17. The standard InChI is InChI=1S/C15H19N3O/c1-4-16-10(2)14-9-17-15(18-11(14)3)12-5-7-13(19)8-6-12/h5-10,16,19H,4H2,1-3H3. The van der Waals surface area contributed by atoms with Crippen LogP contribution in [0.5, 0.6) is 5.75 Å². The molecule has 4 heteroatoms. The van der Waals surface area contributed by atoms with Crippen LogP contribution in [0.1, 0.15) is 31.1 Å². The van der Waals surface area contributed by atoms with E-state index in [4.69, 9.17) is 0 Å². The number of phenolic OH excluding ortho intramolecular Hbond substituents is 1. The molecule has 0 aliphatic rings. The topological polar surface area (TPSA) is 58.0 Å². The lowest BCUT2D eigenvalue weighted by molar-refractivity contribution is 0.475. The molecule has 1 heterocycles. The van der Waals surface area contributed by atoms with E-state index in [0.29, 0.717) is 5.82 Å². The second-order valence-corrected chi connectivity index (χ2v) is 4.56. The van der Waals surface area contributed by atoms with E-state index in [9.17, 15) is 5.11 Å². The fourth-order valence-corrected chi connectivity index (χ4v) is 2.07. The Labute approximate surface area is 113 Å². The van der Waals surface area contributed by atoms with E-state index >= 15 is 0 Å². The molecule has 4 nitrogen and oxygen atoms in total. The molecule has 2 rings (SSSR count). The second-order valence-electron chi connectivity index (χ2n) is 4.56. The predicted octanol–water partition coefficient (Wildman–Crippen LogP) is 2.83. The van der Waals surface area contributed by atoms with Gasteiger partial charge in [-0.25, -0.2) is 9.97 Å². The van der Waals surface area contributed by atoms with Gasteiger partial charge in [-0.1, -0.05) is 6.92 Å². The van der Waals surface area contributed by atoms with Crippen LogP contribution in [-0.4, -0.2) is 21.6 Å². The highest BCUT2D eigenvalue weighted by atomic mass is 16.3. The van der Waals surface area contributed by atoms with Crippen LogP contribution in [0.15, 0.2) is 30.5 Å². The highest BCUT2D eigenvalue weighted by Gasteiger charge is 2.10. The van der Waals surface area contributed by atoms with Crippen LogP contribution in [-0.2, 0) is 0 Å². The van der Waals surface area contributed by atoms with Crippen molar-refractivity contribution in [3.8, 4) is 17.1 Å². The minimum Gasteiger partial charge on any atom is -0.508 e. The summed E-state index contributed by atoms with van der Waals surface area (Å²) >= 11 is 0. The first kappa shape index (κ1) is 13.5. The number of benzene rings is 1. The van der Waals surface area contributed by atoms with Crippen molar-refractivity contribution in [3.63, 3.8) is 0 Å². The smallest absolute Gasteiger partial charge is 0.159 e. The molecule has 0 aliphatic carbocycles. The number of rotatable bonds is 4. The van der Waals surface area contributed by atoms with E-state index in [1.54, 1.807) is 12.1 Å². The number of nitrogens with one attached hydrogen (secondary N) is 1. The van der Waals surface area contributed by atoms with E-state index in [1.165, 1.54) is 0 Å². The summed E-state index contributed by atoms with van der Waals surface area (Å²) in [4.78, 5) is 8.95. The average molecular weight is 257 g/mol. The average Bonchev–Trinajstić information content (AvgIpc) is 2.39. The third kappa shape index (κ3) is 3.09. The van der Waals surface area contributed by atoms with Crippen LogP contribution in [0.4, 0.5) is 0 Å². The summed E-state index contributed by atoms with van der Waals surface area (Å²) in [7, 11) is 0. The summed E-state index contributed by atoms with van der Waals surface area (Å²) in [5, 5.41) is 12.6. The summed E-state index contributed by atoms with van der Waals surface area (Å²) in [6.45, 7) is 7.10. The molecule has 0 bridgehead atoms. The quantitative estimate of drug-likeness (QED) is 0.884. The van der Waals surface area contributed by atoms with Gasteiger partial charge in [0.1, 0.15) is 5.75 Å². The van der Waals surface area contributed by atoms with Crippen LogP contribution in [0.2, 0.25) is 0 Å². The van der Waals surface area contributed by atoms with Crippen molar-refractivity contribution in [3.05, 3.63) is 41.7 Å². The Morgan fingerprint density at radius 1 is 1.26 bits per heavy atom. The summed E-state index contributed by atoms with van der Waals surface area (Å²) in [6.07, 6.45) is 1.87. The van der Waals surface area contributed by atoms with E-state index in [0.717, 1.165) is 23.4 Å². The Kier molecular flexibility index (Phi) is 4.12. The van der Waals surface area contributed by atoms with Gasteiger partial charge in [-0.05, 0) is 44.7 Å². The SMILES string of the molecule is CCNC(C)c1cnc(-c2ccc(O)cc2)nc1C. The van der Waals surface area contributed by atoms with Crippen molar-refractivity contribution >= 4 is 0 Å². The molecule has 0 amide bonds. The zero-order valence-electron chi connectivity index (χ0n) is 11.5. The monoisotopic (exact) mass is 257 g/mol. The number of nitrogens with zero attached hydrogens (tertiary/aromatic N) is 2. The highest BCUT2D eigenvalue weighted by molar-refractivity contribution is 5.56. The summed E-state index contributed by atoms with van der Waals surface area (Å²) in [5.74, 6) is 0.933. The van der Waals surface area contributed by atoms with Gasteiger partial charge in [0.05, 0.1) is 0 Å². The molecular weight excluding hydrogens is 238 g/mol. The Morgan fingerprint density at radius 3 is 2.53 bits per heavy atom. The molecule has 2 N–H and O–H groups in total. The Balaban J connectivity index is 2.30. The Hall–Kier alpha value is -1.94. The number of aromatic nitrogens is 2. The molecule has 0 saturated heterocycles. The van der Waals surface area contributed by atoms with E-state index in [2.05, 4.69) is 29.1 Å². The lowest BCUT2D eigenvalue weighted by Gasteiger charge is -2.15. The molecule has 1 aromatic carbocycles. The zero-order chi connectivity index (χ0) is 13.8. The molecule has 2 aromatic rings. The molecule has 19 heavy (non-hydrogen) atoms. The fourth-order valence-electron chi connectivity index (χ4n) is 2.07. The highest BCUT2D eigenvalue weighted by Crippen LogP contribution is 2.21. The number of hydrogen-bond acceptors (Lipinski definition) is 4. The first-order chi connectivity index (χ1) is 9.11. The molecule has 0 spiro atoms. The van der Waals surface area contributed by atoms with E-state index in [1.807, 2.05) is 25.3 Å². The van der Waals surface area contributed by atoms with Crippen molar-refractivity contribution < 1.29 is 5.11 Å². The third-order valence-corrected chi connectivity index (χ3v) is 3.12. The van der Waals surface area contributed by atoms with Gasteiger partial charge in [-0.2, -0.15) is 0 Å². The molecule has 1 atom stereocenters. The second kappa shape index (κ2) is 5.80. The zero-order valence-corrected chi connectivity index (χ0v) is 11.5. The first-order valence-electron chi connectivity index (χ1n) is 6.48. The number of phenols is 1. The van der Waals surface area contributed by atoms with Crippen LogP contribution in [0.3, 0.4) is 0 Å². The molecule has 1 unspecified atom stereocenters. The maximum atomic E-state index is 9.29. The first-order valence-corrected chi connectivity index (χ1v) is 6.48. The summed E-state index contributed by atoms with van der Waals surface area (Å²) < 4.78 is 0. The van der Waals surface area contributed by atoms with Crippen molar-refractivity contribution in [2.45, 2.75) is 26.8 Å². The van der Waals surface area contributed by atoms with Gasteiger partial charge in [0.2, 0.25) is 0 Å². The van der Waals surface area contributed by atoms with Crippen LogP contribution < -0.4 is 5.32 Å². The van der Waals surface area contributed by atoms with Gasteiger partial charge >= 0.3 is 0 Å². The number of aryl methyl sites for hydroxylation is 1. The van der Waals surface area contributed by atoms with Crippen molar-refractivity contribution in [1.82, 2.24) is 15.3 Å². The fraction of sp³-hybridized carbons (Fsp3) is 0.333. The molecule has 0 fully saturated rings. The minimum absolute atomic E-state index is 0.248. The number of aromatic hydroxyl groups is 1. The maximum Gasteiger partial charge on any atom is 0.159 e. The molecule has 0 aliphatic heterocycles. The Bertz CT molecular complexity index is 552. The van der Waals surface area contributed by atoms with Gasteiger partial charge < -0.3 is 10.4 Å². The lowest BCUT2D eigenvalue weighted by atomic mass is 10.1. The predicted molar refractivity (Wildman–Crippen MR) is 76.0 cm³/mol.